The van der Waals surface area contributed by atoms with Gasteiger partial charge in [0.05, 0.1) is 0 Å². The van der Waals surface area contributed by atoms with E-state index >= 15 is 0 Å². The zero-order chi connectivity index (χ0) is 13.8. The van der Waals surface area contributed by atoms with E-state index in [1.165, 1.54) is 5.56 Å². The molecule has 1 aromatic heterocycles. The number of aromatic hydroxyl groups is 1. The molecule has 3 rings (SSSR count). The van der Waals surface area contributed by atoms with Gasteiger partial charge in [-0.25, -0.2) is 0 Å². The lowest BCUT2D eigenvalue weighted by Gasteiger charge is -2.05. The molecule has 0 saturated carbocycles. The Hall–Kier alpha value is -2.22. The van der Waals surface area contributed by atoms with Crippen LogP contribution in [0.3, 0.4) is 0 Å². The molecule has 0 unspecified atom stereocenters. The highest BCUT2D eigenvalue weighted by atomic mass is 16.3. The molecule has 0 radical (unpaired) electrons. The van der Waals surface area contributed by atoms with Crippen LogP contribution in [-0.2, 0) is 13.0 Å². The summed E-state index contributed by atoms with van der Waals surface area (Å²) >= 11 is 0. The summed E-state index contributed by atoms with van der Waals surface area (Å²) in [5.74, 6) is 0.389. The molecule has 20 heavy (non-hydrogen) atoms. The van der Waals surface area contributed by atoms with Gasteiger partial charge in [0.1, 0.15) is 0 Å². The molecular weight excluding hydrogens is 246 g/mol. The van der Waals surface area contributed by atoms with Gasteiger partial charge in [0, 0.05) is 23.5 Å². The molecule has 2 heteroatoms. The van der Waals surface area contributed by atoms with Gasteiger partial charge in [-0.2, -0.15) is 0 Å². The fourth-order valence-corrected chi connectivity index (χ4v) is 2.62. The number of unbranched alkanes of at least 4 members (excludes halogenated alkanes) is 1. The second-order valence-electron chi connectivity index (χ2n) is 5.18. The fraction of sp³-hybridized carbons (Fsp3) is 0.222. The van der Waals surface area contributed by atoms with Crippen molar-refractivity contribution in [2.45, 2.75) is 25.8 Å². The van der Waals surface area contributed by atoms with E-state index in [1.807, 2.05) is 41.1 Å². The van der Waals surface area contributed by atoms with E-state index in [1.54, 1.807) is 0 Å². The van der Waals surface area contributed by atoms with Crippen molar-refractivity contribution in [2.75, 3.05) is 0 Å². The maximum atomic E-state index is 10.2. The van der Waals surface area contributed by atoms with Gasteiger partial charge < -0.3 is 9.67 Å². The van der Waals surface area contributed by atoms with Crippen LogP contribution in [0.5, 0.6) is 5.88 Å². The third-order valence-corrected chi connectivity index (χ3v) is 3.73. The molecule has 0 saturated heterocycles. The van der Waals surface area contributed by atoms with E-state index < -0.39 is 0 Å². The molecule has 2 aromatic carbocycles. The van der Waals surface area contributed by atoms with Gasteiger partial charge in [0.25, 0.3) is 0 Å². The second-order valence-corrected chi connectivity index (χ2v) is 5.18. The minimum Gasteiger partial charge on any atom is -0.494 e. The number of aromatic nitrogens is 1. The highest BCUT2D eigenvalue weighted by Crippen LogP contribution is 2.27. The average molecular weight is 265 g/mol. The molecule has 0 aliphatic rings. The van der Waals surface area contributed by atoms with Gasteiger partial charge in [0.2, 0.25) is 0 Å². The Balaban J connectivity index is 1.59. The second kappa shape index (κ2) is 5.83. The monoisotopic (exact) mass is 265 g/mol. The molecule has 0 fully saturated rings. The van der Waals surface area contributed by atoms with Crippen LogP contribution < -0.4 is 0 Å². The van der Waals surface area contributed by atoms with E-state index in [2.05, 4.69) is 24.3 Å². The zero-order valence-electron chi connectivity index (χ0n) is 11.5. The summed E-state index contributed by atoms with van der Waals surface area (Å²) in [6, 6.07) is 18.5. The Morgan fingerprint density at radius 3 is 2.40 bits per heavy atom. The number of benzene rings is 2. The number of rotatable bonds is 5. The normalized spacial score (nSPS) is 11.0. The lowest BCUT2D eigenvalue weighted by molar-refractivity contribution is 0.416. The number of nitrogens with zero attached hydrogens (tertiary/aromatic N) is 1. The summed E-state index contributed by atoms with van der Waals surface area (Å²) in [5, 5.41) is 12.2. The molecule has 1 N–H and O–H groups in total. The van der Waals surface area contributed by atoms with Crippen LogP contribution in [0.4, 0.5) is 0 Å². The van der Waals surface area contributed by atoms with Crippen molar-refractivity contribution in [3.05, 3.63) is 66.4 Å². The largest absolute Gasteiger partial charge is 0.494 e. The standard InChI is InChI=1S/C18H19NO/c20-18-17-12-5-4-11-16(17)14-19(18)13-7-6-10-15-8-2-1-3-9-15/h1-5,8-9,11-12,14,20H,6-7,10,13H2. The summed E-state index contributed by atoms with van der Waals surface area (Å²) in [6.07, 6.45) is 5.34. The predicted octanol–water partition coefficient (Wildman–Crippen LogP) is 4.37. The molecule has 0 aliphatic heterocycles. The first-order valence-corrected chi connectivity index (χ1v) is 7.15. The number of fused-ring (bicyclic) bond motifs is 1. The molecule has 1 heterocycles. The molecule has 102 valence electrons. The Morgan fingerprint density at radius 2 is 1.60 bits per heavy atom. The van der Waals surface area contributed by atoms with E-state index in [0.717, 1.165) is 36.6 Å². The van der Waals surface area contributed by atoms with Gasteiger partial charge in [0.15, 0.2) is 5.88 Å². The Bertz CT molecular complexity index is 685. The Kier molecular flexibility index (Phi) is 3.73. The molecule has 0 bridgehead atoms. The highest BCUT2D eigenvalue weighted by molar-refractivity contribution is 5.87. The van der Waals surface area contributed by atoms with E-state index in [9.17, 15) is 5.11 Å². The molecule has 3 aromatic rings. The van der Waals surface area contributed by atoms with Gasteiger partial charge in [-0.15, -0.1) is 0 Å². The third-order valence-electron chi connectivity index (χ3n) is 3.73. The predicted molar refractivity (Wildman–Crippen MR) is 83.0 cm³/mol. The van der Waals surface area contributed by atoms with Crippen molar-refractivity contribution in [2.24, 2.45) is 0 Å². The minimum atomic E-state index is 0.389. The quantitative estimate of drug-likeness (QED) is 0.681. The van der Waals surface area contributed by atoms with Crippen molar-refractivity contribution in [3.63, 3.8) is 0 Å². The number of hydrogen-bond acceptors (Lipinski definition) is 1. The smallest absolute Gasteiger partial charge is 0.199 e. The van der Waals surface area contributed by atoms with Crippen LogP contribution in [-0.4, -0.2) is 9.67 Å². The summed E-state index contributed by atoms with van der Waals surface area (Å²) in [4.78, 5) is 0. The first-order chi connectivity index (χ1) is 9.84. The maximum absolute atomic E-state index is 10.2. The van der Waals surface area contributed by atoms with Crippen molar-refractivity contribution >= 4 is 10.8 Å². The van der Waals surface area contributed by atoms with Gasteiger partial charge in [-0.05, 0) is 30.9 Å². The SMILES string of the molecule is Oc1c2ccccc2cn1CCCCc1ccccc1. The minimum absolute atomic E-state index is 0.389. The molecule has 2 nitrogen and oxygen atoms in total. The highest BCUT2D eigenvalue weighted by Gasteiger charge is 2.06. The first kappa shape index (κ1) is 12.8. The summed E-state index contributed by atoms with van der Waals surface area (Å²) in [7, 11) is 0. The van der Waals surface area contributed by atoms with Crippen LogP contribution in [0, 0.1) is 0 Å². The lowest BCUT2D eigenvalue weighted by Crippen LogP contribution is -1.96. The summed E-state index contributed by atoms with van der Waals surface area (Å²) < 4.78 is 1.95. The molecule has 0 aliphatic carbocycles. The van der Waals surface area contributed by atoms with Crippen LogP contribution in [0.1, 0.15) is 18.4 Å². The van der Waals surface area contributed by atoms with Crippen molar-refractivity contribution < 1.29 is 5.11 Å². The van der Waals surface area contributed by atoms with E-state index in [-0.39, 0.29) is 0 Å². The summed E-state index contributed by atoms with van der Waals surface area (Å²) in [6.45, 7) is 0.868. The van der Waals surface area contributed by atoms with Crippen LogP contribution in [0.25, 0.3) is 10.8 Å². The van der Waals surface area contributed by atoms with Crippen molar-refractivity contribution in [3.8, 4) is 5.88 Å². The fourth-order valence-electron chi connectivity index (χ4n) is 2.62. The van der Waals surface area contributed by atoms with Crippen LogP contribution in [0.2, 0.25) is 0 Å². The van der Waals surface area contributed by atoms with Crippen LogP contribution in [0.15, 0.2) is 60.8 Å². The Labute approximate surface area is 119 Å². The molecule has 0 atom stereocenters. The lowest BCUT2D eigenvalue weighted by atomic mass is 10.1. The molecule has 0 spiro atoms. The Morgan fingerprint density at radius 1 is 0.850 bits per heavy atom. The molecular formula is C18H19NO. The molecule has 0 amide bonds. The van der Waals surface area contributed by atoms with Gasteiger partial charge in [-0.1, -0.05) is 48.5 Å². The third kappa shape index (κ3) is 2.69. The maximum Gasteiger partial charge on any atom is 0.199 e. The van der Waals surface area contributed by atoms with Crippen LogP contribution >= 0.6 is 0 Å². The van der Waals surface area contributed by atoms with E-state index in [0.29, 0.717) is 5.88 Å². The zero-order valence-corrected chi connectivity index (χ0v) is 11.5. The van der Waals surface area contributed by atoms with Crippen molar-refractivity contribution in [1.29, 1.82) is 0 Å². The first-order valence-electron chi connectivity index (χ1n) is 7.15. The summed E-state index contributed by atoms with van der Waals surface area (Å²) in [5.41, 5.74) is 1.38. The number of aryl methyl sites for hydroxylation is 2. The van der Waals surface area contributed by atoms with Gasteiger partial charge >= 0.3 is 0 Å². The van der Waals surface area contributed by atoms with Gasteiger partial charge in [-0.3, -0.25) is 0 Å². The topological polar surface area (TPSA) is 25.2 Å². The van der Waals surface area contributed by atoms with Crippen molar-refractivity contribution in [1.82, 2.24) is 4.57 Å². The van der Waals surface area contributed by atoms with E-state index in [4.69, 9.17) is 0 Å². The average Bonchev–Trinajstić information content (AvgIpc) is 2.82. The number of hydrogen-bond donors (Lipinski definition) is 1.